The summed E-state index contributed by atoms with van der Waals surface area (Å²) in [6.07, 6.45) is 3.26. The van der Waals surface area contributed by atoms with Crippen LogP contribution in [-0.2, 0) is 13.6 Å². The lowest BCUT2D eigenvalue weighted by molar-refractivity contribution is -0.676. The molecule has 0 saturated heterocycles. The summed E-state index contributed by atoms with van der Waals surface area (Å²) in [5, 5.41) is 2.63. The van der Waals surface area contributed by atoms with Crippen molar-refractivity contribution in [3.63, 3.8) is 0 Å². The van der Waals surface area contributed by atoms with Gasteiger partial charge in [0.1, 0.15) is 18.3 Å². The largest absolute Gasteiger partial charge is 1.00 e. The van der Waals surface area contributed by atoms with Gasteiger partial charge in [-0.25, -0.2) is 4.57 Å². The summed E-state index contributed by atoms with van der Waals surface area (Å²) in [6, 6.07) is 8.57. The summed E-state index contributed by atoms with van der Waals surface area (Å²) in [7, 11) is 3.82. The van der Waals surface area contributed by atoms with Crippen LogP contribution in [0.25, 0.3) is 21.8 Å². The van der Waals surface area contributed by atoms with E-state index in [1.54, 1.807) is 7.11 Å². The Morgan fingerprint density at radius 1 is 1.19 bits per heavy atom. The molecule has 3 nitrogen and oxygen atoms in total. The second-order valence-electron chi connectivity index (χ2n) is 5.31. The number of pyridine rings is 1. The van der Waals surface area contributed by atoms with Gasteiger partial charge in [-0.3, -0.25) is 0 Å². The lowest BCUT2D eigenvalue weighted by atomic mass is 10.1. The van der Waals surface area contributed by atoms with Gasteiger partial charge in [0.25, 0.3) is 0 Å². The molecule has 4 heteroatoms. The monoisotopic (exact) mass is 348 g/mol. The molecule has 0 aliphatic heterocycles. The van der Waals surface area contributed by atoms with Crippen molar-refractivity contribution in [3.8, 4) is 5.75 Å². The number of benzene rings is 1. The minimum absolute atomic E-state index is 0. The standard InChI is InChI=1S/C17H21N2O.BrH/c1-5-9-19-16-11-13(20-4)6-7-14(16)15-8-10-18(3)12(2)17(15)19;/h6-8,10-11H,5,9H2,1-4H3;1H/q+1;/p-1. The van der Waals surface area contributed by atoms with Gasteiger partial charge in [-0.1, -0.05) is 6.92 Å². The molecule has 0 fully saturated rings. The Labute approximate surface area is 135 Å². The van der Waals surface area contributed by atoms with E-state index < -0.39 is 0 Å². The molecule has 1 aromatic carbocycles. The van der Waals surface area contributed by atoms with Gasteiger partial charge >= 0.3 is 0 Å². The molecule has 0 spiro atoms. The Bertz CT molecular complexity index is 792. The molecule has 0 amide bonds. The van der Waals surface area contributed by atoms with Gasteiger partial charge in [0.15, 0.2) is 6.20 Å². The summed E-state index contributed by atoms with van der Waals surface area (Å²) in [4.78, 5) is 0. The van der Waals surface area contributed by atoms with Crippen LogP contribution in [0.5, 0.6) is 5.75 Å². The quantitative estimate of drug-likeness (QED) is 0.624. The fourth-order valence-electron chi connectivity index (χ4n) is 2.96. The molecule has 0 saturated carbocycles. The molecular formula is C17H21BrN2O. The molecule has 0 aliphatic carbocycles. The number of fused-ring (bicyclic) bond motifs is 3. The highest BCUT2D eigenvalue weighted by atomic mass is 79.9. The van der Waals surface area contributed by atoms with Crippen LogP contribution < -0.4 is 26.3 Å². The number of hydrogen-bond donors (Lipinski definition) is 0. The van der Waals surface area contributed by atoms with Crippen molar-refractivity contribution in [1.82, 2.24) is 4.57 Å². The van der Waals surface area contributed by atoms with E-state index >= 15 is 0 Å². The molecule has 3 aromatic rings. The molecule has 0 unspecified atom stereocenters. The van der Waals surface area contributed by atoms with Crippen LogP contribution in [0.2, 0.25) is 0 Å². The Kier molecular flexibility index (Phi) is 4.57. The SMILES string of the molecule is CCCn1c2cc(OC)ccc2c2cc[n+](C)c(C)c21.[Br-]. The molecule has 0 atom stereocenters. The van der Waals surface area contributed by atoms with Gasteiger partial charge in [-0.2, -0.15) is 0 Å². The maximum Gasteiger partial charge on any atom is 0.202 e. The smallest absolute Gasteiger partial charge is 0.202 e. The lowest BCUT2D eigenvalue weighted by Gasteiger charge is -2.07. The lowest BCUT2D eigenvalue weighted by Crippen LogP contribution is -3.00. The van der Waals surface area contributed by atoms with Crippen LogP contribution in [-0.4, -0.2) is 11.7 Å². The van der Waals surface area contributed by atoms with E-state index in [1.807, 2.05) is 6.07 Å². The predicted molar refractivity (Wildman–Crippen MR) is 82.2 cm³/mol. The molecular weight excluding hydrogens is 328 g/mol. The van der Waals surface area contributed by atoms with Crippen LogP contribution >= 0.6 is 0 Å². The average Bonchev–Trinajstić information content (AvgIpc) is 2.77. The highest BCUT2D eigenvalue weighted by Crippen LogP contribution is 2.32. The second kappa shape index (κ2) is 6.06. The van der Waals surface area contributed by atoms with Gasteiger partial charge < -0.3 is 26.3 Å². The molecule has 0 bridgehead atoms. The molecule has 21 heavy (non-hydrogen) atoms. The van der Waals surface area contributed by atoms with Crippen LogP contribution in [0.3, 0.4) is 0 Å². The van der Waals surface area contributed by atoms with E-state index in [2.05, 4.69) is 54.4 Å². The zero-order valence-corrected chi connectivity index (χ0v) is 14.6. The number of rotatable bonds is 3. The van der Waals surface area contributed by atoms with Gasteiger partial charge in [-0.05, 0) is 18.6 Å². The molecule has 0 aliphatic rings. The molecule has 0 N–H and O–H groups in total. The molecule has 3 rings (SSSR count). The van der Waals surface area contributed by atoms with Gasteiger partial charge in [0.2, 0.25) is 5.69 Å². The van der Waals surface area contributed by atoms with E-state index in [1.165, 1.54) is 27.5 Å². The second-order valence-corrected chi connectivity index (χ2v) is 5.31. The summed E-state index contributed by atoms with van der Waals surface area (Å²) in [5.41, 5.74) is 3.89. The highest BCUT2D eigenvalue weighted by Gasteiger charge is 2.17. The van der Waals surface area contributed by atoms with Gasteiger partial charge in [-0.15, -0.1) is 0 Å². The van der Waals surface area contributed by atoms with E-state index in [4.69, 9.17) is 4.74 Å². The third-order valence-corrected chi connectivity index (χ3v) is 4.09. The highest BCUT2D eigenvalue weighted by molar-refractivity contribution is 6.08. The first-order valence-electron chi connectivity index (χ1n) is 7.12. The average molecular weight is 349 g/mol. The van der Waals surface area contributed by atoms with E-state index in [9.17, 15) is 0 Å². The fourth-order valence-corrected chi connectivity index (χ4v) is 2.96. The zero-order valence-electron chi connectivity index (χ0n) is 13.0. The van der Waals surface area contributed by atoms with Crippen molar-refractivity contribution in [2.75, 3.05) is 7.11 Å². The number of methoxy groups -OCH3 is 1. The van der Waals surface area contributed by atoms with Crippen LogP contribution in [0.4, 0.5) is 0 Å². The number of ether oxygens (including phenoxy) is 1. The summed E-state index contributed by atoms with van der Waals surface area (Å²) in [5.74, 6) is 0.916. The van der Waals surface area contributed by atoms with Crippen LogP contribution in [0, 0.1) is 6.92 Å². The van der Waals surface area contributed by atoms with Crippen molar-refractivity contribution in [2.45, 2.75) is 26.8 Å². The van der Waals surface area contributed by atoms with E-state index in [0.717, 1.165) is 18.7 Å². The number of hydrogen-bond acceptors (Lipinski definition) is 1. The Morgan fingerprint density at radius 3 is 2.62 bits per heavy atom. The van der Waals surface area contributed by atoms with Crippen molar-refractivity contribution in [2.24, 2.45) is 7.05 Å². The van der Waals surface area contributed by atoms with Crippen molar-refractivity contribution in [3.05, 3.63) is 36.2 Å². The third kappa shape index (κ3) is 2.42. The number of nitrogens with zero attached hydrogens (tertiary/aromatic N) is 2. The van der Waals surface area contributed by atoms with Crippen molar-refractivity contribution >= 4 is 21.8 Å². The first-order chi connectivity index (χ1) is 9.67. The number of halogens is 1. The Balaban J connectivity index is 0.00000161. The summed E-state index contributed by atoms with van der Waals surface area (Å²) in [6.45, 7) is 5.43. The number of aryl methyl sites for hydroxylation is 3. The van der Waals surface area contributed by atoms with Crippen molar-refractivity contribution < 1.29 is 26.3 Å². The fraction of sp³-hybridized carbons (Fsp3) is 0.353. The summed E-state index contributed by atoms with van der Waals surface area (Å²) < 4.78 is 9.99. The van der Waals surface area contributed by atoms with Gasteiger partial charge in [0, 0.05) is 36.4 Å². The van der Waals surface area contributed by atoms with Crippen molar-refractivity contribution in [1.29, 1.82) is 0 Å². The molecule has 0 radical (unpaired) electrons. The van der Waals surface area contributed by atoms with Gasteiger partial charge in [0.05, 0.1) is 12.6 Å². The molecule has 2 heterocycles. The zero-order chi connectivity index (χ0) is 14.3. The maximum absolute atomic E-state index is 5.39. The molecule has 112 valence electrons. The topological polar surface area (TPSA) is 18.0 Å². The Hall–Kier alpha value is -1.55. The van der Waals surface area contributed by atoms with Crippen LogP contribution in [0.1, 0.15) is 19.0 Å². The normalized spacial score (nSPS) is 10.9. The maximum atomic E-state index is 5.39. The molecule has 2 aromatic heterocycles. The number of aromatic nitrogens is 2. The predicted octanol–water partition coefficient (Wildman–Crippen LogP) is 0.350. The van der Waals surface area contributed by atoms with Crippen LogP contribution in [0.15, 0.2) is 30.5 Å². The first kappa shape index (κ1) is 15.8. The third-order valence-electron chi connectivity index (χ3n) is 4.09. The van der Waals surface area contributed by atoms with E-state index in [-0.39, 0.29) is 17.0 Å². The summed E-state index contributed by atoms with van der Waals surface area (Å²) >= 11 is 0. The minimum Gasteiger partial charge on any atom is -1.00 e. The first-order valence-corrected chi connectivity index (χ1v) is 7.12. The Morgan fingerprint density at radius 2 is 1.95 bits per heavy atom. The van der Waals surface area contributed by atoms with E-state index in [0.29, 0.717) is 0 Å². The minimum atomic E-state index is 0.